The summed E-state index contributed by atoms with van der Waals surface area (Å²) in [5, 5.41) is 1.74. The van der Waals surface area contributed by atoms with Gasteiger partial charge in [-0.1, -0.05) is 11.6 Å². The minimum absolute atomic E-state index is 0.0929. The average molecular weight is 388 g/mol. The molecule has 2 aromatic carbocycles. The van der Waals surface area contributed by atoms with Gasteiger partial charge in [0.25, 0.3) is 5.91 Å². The number of hydrogen-bond acceptors (Lipinski definition) is 3. The van der Waals surface area contributed by atoms with Gasteiger partial charge >= 0.3 is 12.1 Å². The van der Waals surface area contributed by atoms with Gasteiger partial charge in [-0.3, -0.25) is 4.79 Å². The number of halogens is 5. The van der Waals surface area contributed by atoms with Crippen molar-refractivity contribution >= 4 is 29.2 Å². The Bertz CT molecular complexity index is 898. The molecule has 0 aliphatic carbocycles. The van der Waals surface area contributed by atoms with Crippen LogP contribution in [0, 0.1) is 5.82 Å². The van der Waals surface area contributed by atoms with Crippen LogP contribution in [0.15, 0.2) is 36.4 Å². The molecule has 1 unspecified atom stereocenters. The van der Waals surface area contributed by atoms with Crippen LogP contribution in [0.3, 0.4) is 0 Å². The molecule has 1 aliphatic rings. The molecule has 1 aliphatic heterocycles. The predicted octanol–water partition coefficient (Wildman–Crippen LogP) is 4.22. The molecule has 0 bridgehead atoms. The summed E-state index contributed by atoms with van der Waals surface area (Å²) in [7, 11) is 0. The van der Waals surface area contributed by atoms with Crippen molar-refractivity contribution in [3.05, 3.63) is 63.9 Å². The monoisotopic (exact) mass is 387 g/mol. The largest absolute Gasteiger partial charge is 0.448 e. The molecule has 1 amide bonds. The number of anilines is 1. The molecule has 0 spiro atoms. The van der Waals surface area contributed by atoms with E-state index >= 15 is 0 Å². The zero-order valence-electron chi connectivity index (χ0n) is 12.9. The van der Waals surface area contributed by atoms with Crippen LogP contribution in [-0.4, -0.2) is 18.0 Å². The van der Waals surface area contributed by atoms with E-state index in [0.717, 1.165) is 18.2 Å². The topological polar surface area (TPSA) is 55.4 Å². The summed E-state index contributed by atoms with van der Waals surface area (Å²) in [5.74, 6) is -2.22. The predicted molar refractivity (Wildman–Crippen MR) is 84.4 cm³/mol. The molecule has 136 valence electrons. The molecule has 0 aromatic heterocycles. The van der Waals surface area contributed by atoms with E-state index in [0.29, 0.717) is 6.07 Å². The number of alkyl halides is 3. The Morgan fingerprint density at radius 1 is 1.19 bits per heavy atom. The van der Waals surface area contributed by atoms with Crippen molar-refractivity contribution in [2.45, 2.75) is 18.7 Å². The van der Waals surface area contributed by atoms with Gasteiger partial charge in [0.1, 0.15) is 5.82 Å². The molecule has 1 N–H and O–H groups in total. The molecule has 0 fully saturated rings. The lowest BCUT2D eigenvalue weighted by Crippen LogP contribution is -2.38. The van der Waals surface area contributed by atoms with Crippen LogP contribution in [0.25, 0.3) is 0 Å². The lowest BCUT2D eigenvalue weighted by Gasteiger charge is -2.24. The fourth-order valence-electron chi connectivity index (χ4n) is 2.55. The number of carbonyl (C=O) groups is 2. The number of nitrogens with one attached hydrogen (secondary N) is 1. The number of benzene rings is 2. The number of cyclic esters (lactones) is 1. The van der Waals surface area contributed by atoms with E-state index in [2.05, 4.69) is 5.32 Å². The van der Waals surface area contributed by atoms with Crippen LogP contribution in [0.4, 0.5) is 23.2 Å². The Kier molecular flexibility index (Phi) is 4.62. The summed E-state index contributed by atoms with van der Waals surface area (Å²) in [6.07, 6.45) is -6.07. The molecule has 0 radical (unpaired) electrons. The average Bonchev–Trinajstić information content (AvgIpc) is 2.55. The van der Waals surface area contributed by atoms with E-state index < -0.39 is 40.6 Å². The highest BCUT2D eigenvalue weighted by Gasteiger charge is 2.35. The number of hydrogen-bond donors (Lipinski definition) is 1. The standard InChI is InChI=1S/C17H10ClF4NO3/c18-13-4-2-10(7-12(13)17(20,21)22)23-15(24)14-6-8-5-9(19)1-3-11(8)16(25)26-14/h1-5,7,14H,6H2,(H,23,24). The quantitative estimate of drug-likeness (QED) is 0.620. The first-order valence-corrected chi connectivity index (χ1v) is 7.70. The molecule has 4 nitrogen and oxygen atoms in total. The number of fused-ring (bicyclic) bond motifs is 1. The van der Waals surface area contributed by atoms with Gasteiger partial charge in [-0.2, -0.15) is 13.2 Å². The summed E-state index contributed by atoms with van der Waals surface area (Å²) in [5.41, 5.74) is -0.840. The molecule has 9 heteroatoms. The van der Waals surface area contributed by atoms with Crippen LogP contribution in [0.5, 0.6) is 0 Å². The van der Waals surface area contributed by atoms with Gasteiger partial charge < -0.3 is 10.1 Å². The van der Waals surface area contributed by atoms with Crippen molar-refractivity contribution in [2.75, 3.05) is 5.32 Å². The lowest BCUT2D eigenvalue weighted by molar-refractivity contribution is -0.137. The maximum atomic E-state index is 13.3. The Morgan fingerprint density at radius 2 is 1.92 bits per heavy atom. The molecule has 0 saturated heterocycles. The molecular formula is C17H10ClF4NO3. The minimum atomic E-state index is -4.69. The van der Waals surface area contributed by atoms with Crippen LogP contribution in [0.2, 0.25) is 5.02 Å². The third-order valence-electron chi connectivity index (χ3n) is 3.77. The smallest absolute Gasteiger partial charge is 0.417 e. The van der Waals surface area contributed by atoms with Gasteiger partial charge in [0.05, 0.1) is 16.1 Å². The Hall–Kier alpha value is -2.61. The molecule has 2 aromatic rings. The van der Waals surface area contributed by atoms with Gasteiger partial charge in [-0.15, -0.1) is 0 Å². The van der Waals surface area contributed by atoms with Crippen LogP contribution in [0.1, 0.15) is 21.5 Å². The van der Waals surface area contributed by atoms with E-state index in [1.165, 1.54) is 12.1 Å². The maximum Gasteiger partial charge on any atom is 0.417 e. The third kappa shape index (κ3) is 3.65. The van der Waals surface area contributed by atoms with E-state index in [-0.39, 0.29) is 23.2 Å². The molecule has 1 heterocycles. The molecule has 1 atom stereocenters. The summed E-state index contributed by atoms with van der Waals surface area (Å²) in [6, 6.07) is 6.31. The second-order valence-electron chi connectivity index (χ2n) is 5.58. The van der Waals surface area contributed by atoms with Gasteiger partial charge in [0.2, 0.25) is 0 Å². The Labute approximate surface area is 149 Å². The van der Waals surface area contributed by atoms with E-state index in [1.807, 2.05) is 0 Å². The summed E-state index contributed by atoms with van der Waals surface area (Å²) in [4.78, 5) is 24.2. The van der Waals surface area contributed by atoms with Gasteiger partial charge in [-0.05, 0) is 42.0 Å². The summed E-state index contributed by atoms with van der Waals surface area (Å²) < 4.78 is 56.9. The second-order valence-corrected chi connectivity index (χ2v) is 5.99. The zero-order chi connectivity index (χ0) is 19.1. The highest BCUT2D eigenvalue weighted by atomic mass is 35.5. The van der Waals surface area contributed by atoms with Crippen LogP contribution >= 0.6 is 11.6 Å². The molecular weight excluding hydrogens is 378 g/mol. The van der Waals surface area contributed by atoms with E-state index in [1.54, 1.807) is 0 Å². The van der Waals surface area contributed by atoms with Gasteiger partial charge in [0, 0.05) is 12.1 Å². The highest BCUT2D eigenvalue weighted by molar-refractivity contribution is 6.31. The van der Waals surface area contributed by atoms with Crippen molar-refractivity contribution in [1.82, 2.24) is 0 Å². The zero-order valence-corrected chi connectivity index (χ0v) is 13.6. The van der Waals surface area contributed by atoms with Crippen molar-refractivity contribution in [3.8, 4) is 0 Å². The minimum Gasteiger partial charge on any atom is -0.448 e. The normalized spacial score (nSPS) is 16.7. The number of amides is 1. The third-order valence-corrected chi connectivity index (χ3v) is 4.10. The summed E-state index contributed by atoms with van der Waals surface area (Å²) >= 11 is 5.52. The van der Waals surface area contributed by atoms with Gasteiger partial charge in [-0.25, -0.2) is 9.18 Å². The number of ether oxygens (including phenoxy) is 1. The Morgan fingerprint density at radius 3 is 2.62 bits per heavy atom. The van der Waals surface area contributed by atoms with Crippen molar-refractivity contribution < 1.29 is 31.9 Å². The highest BCUT2D eigenvalue weighted by Crippen LogP contribution is 2.36. The second kappa shape index (κ2) is 6.60. The fourth-order valence-corrected chi connectivity index (χ4v) is 2.78. The Balaban J connectivity index is 1.80. The van der Waals surface area contributed by atoms with Crippen molar-refractivity contribution in [1.29, 1.82) is 0 Å². The molecule has 26 heavy (non-hydrogen) atoms. The molecule has 0 saturated carbocycles. The SMILES string of the molecule is O=C1OC(C(=O)Nc2ccc(Cl)c(C(F)(F)F)c2)Cc2cc(F)ccc21. The van der Waals surface area contributed by atoms with Crippen LogP contribution in [-0.2, 0) is 22.1 Å². The van der Waals surface area contributed by atoms with E-state index in [9.17, 15) is 27.2 Å². The van der Waals surface area contributed by atoms with Crippen LogP contribution < -0.4 is 5.32 Å². The van der Waals surface area contributed by atoms with E-state index in [4.69, 9.17) is 16.3 Å². The van der Waals surface area contributed by atoms with Gasteiger partial charge in [0.15, 0.2) is 6.10 Å². The first-order valence-electron chi connectivity index (χ1n) is 7.32. The number of esters is 1. The first-order chi connectivity index (χ1) is 12.1. The van der Waals surface area contributed by atoms with Crippen molar-refractivity contribution in [3.63, 3.8) is 0 Å². The maximum absolute atomic E-state index is 13.3. The number of rotatable bonds is 2. The first kappa shape index (κ1) is 18.2. The fraction of sp³-hybridized carbons (Fsp3) is 0.176. The number of carbonyl (C=O) groups excluding carboxylic acids is 2. The van der Waals surface area contributed by atoms with Crippen molar-refractivity contribution in [2.24, 2.45) is 0 Å². The molecule has 3 rings (SSSR count). The lowest BCUT2D eigenvalue weighted by atomic mass is 9.98. The summed E-state index contributed by atoms with van der Waals surface area (Å²) in [6.45, 7) is 0.